The van der Waals surface area contributed by atoms with E-state index in [0.29, 0.717) is 18.7 Å². The summed E-state index contributed by atoms with van der Waals surface area (Å²) in [6, 6.07) is 2.17. The molecule has 37 heavy (non-hydrogen) atoms. The number of ether oxygens (including phenoxy) is 1. The number of carbonyl (C=O) groups is 2. The number of carbonyl (C=O) groups excluding carboxylic acids is 2. The van der Waals surface area contributed by atoms with E-state index in [2.05, 4.69) is 20.3 Å². The summed E-state index contributed by atoms with van der Waals surface area (Å²) in [5, 5.41) is 20.8. The van der Waals surface area contributed by atoms with Crippen LogP contribution in [0.3, 0.4) is 0 Å². The molecule has 0 unspecified atom stereocenters. The number of nitrogens with zero attached hydrogens (tertiary/aromatic N) is 5. The molecular formula is C23H27F3N6O5. The Balaban J connectivity index is 1.54. The molecule has 0 radical (unpaired) electrons. The fourth-order valence-corrected chi connectivity index (χ4v) is 4.20. The van der Waals surface area contributed by atoms with Crippen LogP contribution in [0.5, 0.6) is 5.88 Å². The number of alkyl halides is 3. The summed E-state index contributed by atoms with van der Waals surface area (Å²) >= 11 is 0. The number of halogens is 3. The van der Waals surface area contributed by atoms with Gasteiger partial charge >= 0.3 is 12.2 Å². The van der Waals surface area contributed by atoms with Crippen molar-refractivity contribution < 1.29 is 37.7 Å². The van der Waals surface area contributed by atoms with Crippen LogP contribution in [0.4, 0.5) is 35.3 Å². The van der Waals surface area contributed by atoms with Gasteiger partial charge in [-0.2, -0.15) is 13.2 Å². The second kappa shape index (κ2) is 10.8. The first-order chi connectivity index (χ1) is 17.6. The second-order valence-corrected chi connectivity index (χ2v) is 9.04. The third kappa shape index (κ3) is 6.07. The minimum absolute atomic E-state index is 0.0784. The number of aromatic nitrogens is 3. The summed E-state index contributed by atoms with van der Waals surface area (Å²) in [5.74, 6) is -2.20. The Labute approximate surface area is 210 Å². The Bertz CT molecular complexity index is 1130. The van der Waals surface area contributed by atoms with Crippen molar-refractivity contribution in [2.24, 2.45) is 5.92 Å². The Morgan fingerprint density at radius 2 is 2.05 bits per heavy atom. The van der Waals surface area contributed by atoms with Crippen molar-refractivity contribution >= 4 is 29.1 Å². The zero-order valence-corrected chi connectivity index (χ0v) is 20.0. The molecule has 2 bridgehead atoms. The van der Waals surface area contributed by atoms with Crippen LogP contribution in [0.25, 0.3) is 0 Å². The van der Waals surface area contributed by atoms with Crippen molar-refractivity contribution in [1.82, 2.24) is 15.0 Å². The van der Waals surface area contributed by atoms with Gasteiger partial charge in [-0.1, -0.05) is 6.92 Å². The molecule has 0 aliphatic carbocycles. The van der Waals surface area contributed by atoms with Gasteiger partial charge in [0.2, 0.25) is 5.88 Å². The molecule has 2 aromatic rings. The molecule has 2 amide bonds. The maximum atomic E-state index is 13.3. The van der Waals surface area contributed by atoms with Gasteiger partial charge < -0.3 is 19.8 Å². The smallest absolute Gasteiger partial charge is 0.391 e. The number of Topliss-reactive ketones (excluding diaryl/α,β-unsaturated/α-hetero) is 1. The van der Waals surface area contributed by atoms with Gasteiger partial charge in [-0.3, -0.25) is 15.0 Å². The monoisotopic (exact) mass is 524 g/mol. The Morgan fingerprint density at radius 1 is 1.27 bits per heavy atom. The van der Waals surface area contributed by atoms with E-state index in [1.165, 1.54) is 23.4 Å². The molecule has 4 rings (SSSR count). The number of anilines is 3. The van der Waals surface area contributed by atoms with Crippen molar-refractivity contribution in [2.75, 3.05) is 41.4 Å². The third-order valence-corrected chi connectivity index (χ3v) is 6.24. The van der Waals surface area contributed by atoms with Crippen LogP contribution in [-0.4, -0.2) is 81.6 Å². The Kier molecular flexibility index (Phi) is 7.78. The molecule has 200 valence electrons. The lowest BCUT2D eigenvalue weighted by Gasteiger charge is -2.45. The number of pyridine rings is 1. The van der Waals surface area contributed by atoms with E-state index >= 15 is 0 Å². The number of nitrogens with one attached hydrogen (secondary N) is 1. The minimum Gasteiger partial charge on any atom is -0.474 e. The zero-order valence-electron chi connectivity index (χ0n) is 20.0. The van der Waals surface area contributed by atoms with Gasteiger partial charge in [-0.05, 0) is 25.0 Å². The first kappa shape index (κ1) is 26.5. The second-order valence-electron chi connectivity index (χ2n) is 9.04. The Hall–Kier alpha value is -3.52. The minimum atomic E-state index is -4.50. The molecule has 0 aromatic carbocycles. The molecule has 1 fully saturated rings. The van der Waals surface area contributed by atoms with Crippen molar-refractivity contribution in [1.29, 1.82) is 0 Å². The molecule has 2 aliphatic heterocycles. The number of ketones is 1. The first-order valence-corrected chi connectivity index (χ1v) is 11.8. The highest BCUT2D eigenvalue weighted by Crippen LogP contribution is 2.39. The number of aliphatic hydroxyl groups excluding tert-OH is 2. The largest absolute Gasteiger partial charge is 0.474 e. The molecule has 11 nitrogen and oxygen atoms in total. The molecule has 4 heterocycles. The fraction of sp³-hybridized carbons (Fsp3) is 0.522. The van der Waals surface area contributed by atoms with Crippen LogP contribution < -0.4 is 19.9 Å². The van der Waals surface area contributed by atoms with Crippen LogP contribution in [0, 0.1) is 5.92 Å². The number of hydrogen-bond acceptors (Lipinski definition) is 9. The number of fused-ring (bicyclic) bond motifs is 4. The summed E-state index contributed by atoms with van der Waals surface area (Å²) in [6.45, 7) is 1.57. The van der Waals surface area contributed by atoms with Gasteiger partial charge in [-0.25, -0.2) is 19.7 Å². The standard InChI is InChI=1S/C23H27F3N6O5/c1-13(23(24,25)26)7-18(35)16-4-5-17-21(29-16)32(14-3-2-6-31(17)10-14)22(36)30-19-8-28-20(9-27-19)37-12-15(34)11-33/h4-5,8-9,13-15,33-34H,2-3,6-7,10-12H2,1H3,(H,27,30,36)/t13-,14-,15+/m0/s1. The van der Waals surface area contributed by atoms with E-state index in [1.54, 1.807) is 6.07 Å². The highest BCUT2D eigenvalue weighted by molar-refractivity contribution is 6.04. The summed E-state index contributed by atoms with van der Waals surface area (Å²) < 4.78 is 44.1. The van der Waals surface area contributed by atoms with Crippen molar-refractivity contribution in [3.8, 4) is 5.88 Å². The van der Waals surface area contributed by atoms with Crippen molar-refractivity contribution in [3.63, 3.8) is 0 Å². The molecular weight excluding hydrogens is 497 g/mol. The van der Waals surface area contributed by atoms with Crippen LogP contribution >= 0.6 is 0 Å². The average molecular weight is 525 g/mol. The van der Waals surface area contributed by atoms with Crippen molar-refractivity contribution in [2.45, 2.75) is 44.5 Å². The average Bonchev–Trinajstić information content (AvgIpc) is 2.87. The van der Waals surface area contributed by atoms with Crippen molar-refractivity contribution in [3.05, 3.63) is 30.2 Å². The molecule has 3 N–H and O–H groups in total. The quantitative estimate of drug-likeness (QED) is 0.444. The van der Waals surface area contributed by atoms with Gasteiger partial charge in [0, 0.05) is 19.5 Å². The first-order valence-electron chi connectivity index (χ1n) is 11.8. The maximum absolute atomic E-state index is 13.3. The van der Waals surface area contributed by atoms with Crippen LogP contribution in [0.15, 0.2) is 24.5 Å². The fourth-order valence-electron chi connectivity index (χ4n) is 4.20. The topological polar surface area (TPSA) is 141 Å². The van der Waals surface area contributed by atoms with Gasteiger partial charge in [-0.15, -0.1) is 0 Å². The summed E-state index contributed by atoms with van der Waals surface area (Å²) in [7, 11) is 0. The van der Waals surface area contributed by atoms with Crippen LogP contribution in [0.2, 0.25) is 0 Å². The lowest BCUT2D eigenvalue weighted by atomic mass is 9.98. The summed E-state index contributed by atoms with van der Waals surface area (Å²) in [6.07, 6.45) is -2.32. The lowest BCUT2D eigenvalue weighted by Crippen LogP contribution is -2.56. The highest BCUT2D eigenvalue weighted by Gasteiger charge is 2.40. The molecule has 0 spiro atoms. The van der Waals surface area contributed by atoms with E-state index in [4.69, 9.17) is 9.84 Å². The van der Waals surface area contributed by atoms with E-state index in [0.717, 1.165) is 19.9 Å². The molecule has 0 saturated carbocycles. The van der Waals surface area contributed by atoms with Crippen LogP contribution in [0.1, 0.15) is 36.7 Å². The number of hydrogen-bond donors (Lipinski definition) is 3. The number of amides is 2. The number of urea groups is 1. The van der Waals surface area contributed by atoms with Gasteiger partial charge in [0.1, 0.15) is 18.4 Å². The zero-order chi connectivity index (χ0) is 26.7. The Morgan fingerprint density at radius 3 is 2.73 bits per heavy atom. The molecule has 2 aromatic heterocycles. The predicted molar refractivity (Wildman–Crippen MR) is 126 cm³/mol. The van der Waals surface area contributed by atoms with E-state index in [9.17, 15) is 27.9 Å². The maximum Gasteiger partial charge on any atom is 0.391 e. The number of rotatable bonds is 8. The lowest BCUT2D eigenvalue weighted by molar-refractivity contribution is -0.168. The SMILES string of the molecule is C[C@@H](CC(=O)c1ccc2c(n1)N(C(=O)Nc1cnc(OC[C@H](O)CO)cn1)[C@H]1CCCN2C1)C(F)(F)F. The van der Waals surface area contributed by atoms with E-state index in [1.807, 2.05) is 4.90 Å². The van der Waals surface area contributed by atoms with Gasteiger partial charge in [0.05, 0.1) is 36.6 Å². The third-order valence-electron chi connectivity index (χ3n) is 6.24. The summed E-state index contributed by atoms with van der Waals surface area (Å²) in [4.78, 5) is 41.8. The van der Waals surface area contributed by atoms with E-state index in [-0.39, 0.29) is 35.9 Å². The van der Waals surface area contributed by atoms with Gasteiger partial charge in [0.25, 0.3) is 0 Å². The normalized spacial score (nSPS) is 18.6. The number of piperidine rings is 1. The van der Waals surface area contributed by atoms with Gasteiger partial charge in [0.15, 0.2) is 17.4 Å². The number of aliphatic hydroxyl groups is 2. The molecule has 14 heteroatoms. The molecule has 1 saturated heterocycles. The molecule has 3 atom stereocenters. The van der Waals surface area contributed by atoms with Crippen LogP contribution in [-0.2, 0) is 0 Å². The summed E-state index contributed by atoms with van der Waals surface area (Å²) in [5.41, 5.74) is 0.476. The molecule has 2 aliphatic rings. The highest BCUT2D eigenvalue weighted by atomic mass is 19.4. The van der Waals surface area contributed by atoms with E-state index < -0.39 is 43.0 Å². The predicted octanol–water partition coefficient (Wildman–Crippen LogP) is 2.40.